The molecule has 1 aromatic rings. The smallest absolute Gasteiger partial charge is 0.0562 e. The maximum atomic E-state index is 4.28. The van der Waals surface area contributed by atoms with E-state index in [9.17, 15) is 0 Å². The molecular formula is C14H25N3. The van der Waals surface area contributed by atoms with Crippen LogP contribution in [0.3, 0.4) is 0 Å². The molecule has 0 aliphatic rings. The molecular weight excluding hydrogens is 210 g/mol. The summed E-state index contributed by atoms with van der Waals surface area (Å²) >= 11 is 0. The van der Waals surface area contributed by atoms with Gasteiger partial charge in [-0.1, -0.05) is 32.4 Å². The molecule has 1 aromatic heterocycles. The van der Waals surface area contributed by atoms with Gasteiger partial charge in [-0.25, -0.2) is 0 Å². The van der Waals surface area contributed by atoms with Crippen molar-refractivity contribution in [2.75, 3.05) is 13.1 Å². The van der Waals surface area contributed by atoms with E-state index in [1.54, 1.807) is 0 Å². The zero-order valence-corrected chi connectivity index (χ0v) is 11.5. The summed E-state index contributed by atoms with van der Waals surface area (Å²) in [6.45, 7) is 11.7. The summed E-state index contributed by atoms with van der Waals surface area (Å²) in [5.74, 6) is 0.705. The van der Waals surface area contributed by atoms with Gasteiger partial charge in [0.05, 0.1) is 6.20 Å². The Kier molecular flexibility index (Phi) is 5.98. The Bertz CT molecular complexity index is 350. The molecule has 0 unspecified atom stereocenters. The first kappa shape index (κ1) is 14.0. The second kappa shape index (κ2) is 7.28. The van der Waals surface area contributed by atoms with E-state index in [0.29, 0.717) is 5.92 Å². The third kappa shape index (κ3) is 5.18. The van der Waals surface area contributed by atoms with E-state index in [4.69, 9.17) is 0 Å². The van der Waals surface area contributed by atoms with Gasteiger partial charge in [-0.05, 0) is 25.8 Å². The summed E-state index contributed by atoms with van der Waals surface area (Å²) in [4.78, 5) is 0. The number of nitrogens with zero attached hydrogens (tertiary/aromatic N) is 2. The largest absolute Gasteiger partial charge is 0.313 e. The molecule has 0 fully saturated rings. The first-order valence-electron chi connectivity index (χ1n) is 6.58. The lowest BCUT2D eigenvalue weighted by Gasteiger charge is -2.09. The third-order valence-electron chi connectivity index (χ3n) is 2.71. The van der Waals surface area contributed by atoms with Gasteiger partial charge in [-0.15, -0.1) is 0 Å². The zero-order chi connectivity index (χ0) is 12.7. The number of hydrogen-bond acceptors (Lipinski definition) is 2. The molecule has 0 radical (unpaired) electrons. The van der Waals surface area contributed by atoms with Gasteiger partial charge in [-0.2, -0.15) is 5.10 Å². The molecule has 3 nitrogen and oxygen atoms in total. The molecule has 0 aliphatic carbocycles. The van der Waals surface area contributed by atoms with Crippen LogP contribution in [-0.2, 0) is 6.54 Å². The number of aromatic nitrogens is 2. The zero-order valence-electron chi connectivity index (χ0n) is 11.5. The lowest BCUT2D eigenvalue weighted by atomic mass is 10.1. The third-order valence-corrected chi connectivity index (χ3v) is 2.71. The standard InChI is InChI=1S/C14H25N3/c1-5-13(9-15-8-12(3)4)7-14-10-16-17(6-2)11-14/h7,10-12,15H,5-6,8-9H2,1-4H3. The molecule has 1 rings (SSSR count). The summed E-state index contributed by atoms with van der Waals surface area (Å²) in [5, 5.41) is 7.76. The van der Waals surface area contributed by atoms with Crippen LogP contribution in [0.5, 0.6) is 0 Å². The Morgan fingerprint density at radius 2 is 2.24 bits per heavy atom. The quantitative estimate of drug-likeness (QED) is 0.787. The number of rotatable bonds is 7. The molecule has 0 aromatic carbocycles. The van der Waals surface area contributed by atoms with Crippen LogP contribution in [0.15, 0.2) is 18.0 Å². The number of aryl methyl sites for hydroxylation is 1. The van der Waals surface area contributed by atoms with Gasteiger partial charge in [0.25, 0.3) is 0 Å². The minimum atomic E-state index is 0.705. The minimum Gasteiger partial charge on any atom is -0.313 e. The lowest BCUT2D eigenvalue weighted by Crippen LogP contribution is -2.21. The lowest BCUT2D eigenvalue weighted by molar-refractivity contribution is 0.569. The monoisotopic (exact) mass is 235 g/mol. The van der Waals surface area contributed by atoms with Gasteiger partial charge in [0.1, 0.15) is 0 Å². The maximum absolute atomic E-state index is 4.28. The molecule has 96 valence electrons. The Balaban J connectivity index is 2.53. The van der Waals surface area contributed by atoms with Gasteiger partial charge in [0.2, 0.25) is 0 Å². The van der Waals surface area contributed by atoms with Crippen molar-refractivity contribution in [2.45, 2.75) is 40.7 Å². The first-order valence-corrected chi connectivity index (χ1v) is 6.58. The highest BCUT2D eigenvalue weighted by Gasteiger charge is 1.99. The maximum Gasteiger partial charge on any atom is 0.0562 e. The molecule has 0 bridgehead atoms. The Labute approximate surface area is 105 Å². The normalized spacial score (nSPS) is 12.4. The Morgan fingerprint density at radius 1 is 1.47 bits per heavy atom. The SMILES string of the molecule is CCC(=Cc1cnn(CC)c1)CNCC(C)C. The minimum absolute atomic E-state index is 0.705. The average molecular weight is 235 g/mol. The van der Waals surface area contributed by atoms with Crippen LogP contribution < -0.4 is 5.32 Å². The Hall–Kier alpha value is -1.09. The summed E-state index contributed by atoms with van der Waals surface area (Å²) < 4.78 is 1.96. The average Bonchev–Trinajstić information content (AvgIpc) is 2.75. The molecule has 0 amide bonds. The van der Waals surface area contributed by atoms with E-state index >= 15 is 0 Å². The molecule has 0 aliphatic heterocycles. The fraction of sp³-hybridized carbons (Fsp3) is 0.643. The molecule has 3 heteroatoms. The summed E-state index contributed by atoms with van der Waals surface area (Å²) in [7, 11) is 0. The second-order valence-corrected chi connectivity index (χ2v) is 4.81. The van der Waals surface area contributed by atoms with Gasteiger partial charge >= 0.3 is 0 Å². The molecule has 17 heavy (non-hydrogen) atoms. The highest BCUT2D eigenvalue weighted by Crippen LogP contribution is 2.08. The number of hydrogen-bond donors (Lipinski definition) is 1. The van der Waals surface area contributed by atoms with Gasteiger partial charge in [0.15, 0.2) is 0 Å². The van der Waals surface area contributed by atoms with Crippen LogP contribution in [-0.4, -0.2) is 22.9 Å². The van der Waals surface area contributed by atoms with Crippen LogP contribution in [0.1, 0.15) is 39.7 Å². The van der Waals surface area contributed by atoms with Crippen molar-refractivity contribution in [1.29, 1.82) is 0 Å². The predicted molar refractivity (Wildman–Crippen MR) is 73.9 cm³/mol. The van der Waals surface area contributed by atoms with Crippen LogP contribution in [0.2, 0.25) is 0 Å². The van der Waals surface area contributed by atoms with Crippen molar-refractivity contribution in [3.8, 4) is 0 Å². The fourth-order valence-electron chi connectivity index (χ4n) is 1.66. The van der Waals surface area contributed by atoms with Crippen molar-refractivity contribution in [3.63, 3.8) is 0 Å². The van der Waals surface area contributed by atoms with Crippen LogP contribution in [0, 0.1) is 5.92 Å². The Morgan fingerprint density at radius 3 is 2.76 bits per heavy atom. The molecule has 1 heterocycles. The summed E-state index contributed by atoms with van der Waals surface area (Å²) in [6.07, 6.45) is 7.36. The van der Waals surface area contributed by atoms with Crippen LogP contribution >= 0.6 is 0 Å². The summed E-state index contributed by atoms with van der Waals surface area (Å²) in [5.41, 5.74) is 2.64. The molecule has 0 saturated heterocycles. The van der Waals surface area contributed by atoms with Crippen LogP contribution in [0.4, 0.5) is 0 Å². The van der Waals surface area contributed by atoms with E-state index in [-0.39, 0.29) is 0 Å². The van der Waals surface area contributed by atoms with Gasteiger partial charge in [-0.3, -0.25) is 4.68 Å². The topological polar surface area (TPSA) is 29.9 Å². The van der Waals surface area contributed by atoms with E-state index in [0.717, 1.165) is 26.1 Å². The van der Waals surface area contributed by atoms with E-state index < -0.39 is 0 Å². The van der Waals surface area contributed by atoms with Crippen molar-refractivity contribution < 1.29 is 0 Å². The summed E-state index contributed by atoms with van der Waals surface area (Å²) in [6, 6.07) is 0. The highest BCUT2D eigenvalue weighted by atomic mass is 15.3. The predicted octanol–water partition coefficient (Wildman–Crippen LogP) is 2.94. The molecule has 0 spiro atoms. The first-order chi connectivity index (χ1) is 8.15. The molecule has 0 saturated carbocycles. The fourth-order valence-corrected chi connectivity index (χ4v) is 1.66. The van der Waals surface area contributed by atoms with Crippen molar-refractivity contribution in [2.24, 2.45) is 5.92 Å². The highest BCUT2D eigenvalue weighted by molar-refractivity contribution is 5.51. The van der Waals surface area contributed by atoms with Crippen molar-refractivity contribution >= 4 is 6.08 Å². The number of nitrogens with one attached hydrogen (secondary N) is 1. The molecule has 1 N–H and O–H groups in total. The van der Waals surface area contributed by atoms with Gasteiger partial charge in [0, 0.05) is 24.8 Å². The van der Waals surface area contributed by atoms with Gasteiger partial charge < -0.3 is 5.32 Å². The van der Waals surface area contributed by atoms with Crippen LogP contribution in [0.25, 0.3) is 6.08 Å². The molecule has 0 atom stereocenters. The van der Waals surface area contributed by atoms with E-state index in [1.165, 1.54) is 11.1 Å². The van der Waals surface area contributed by atoms with E-state index in [1.807, 2.05) is 10.9 Å². The second-order valence-electron chi connectivity index (χ2n) is 4.81. The van der Waals surface area contributed by atoms with Crippen molar-refractivity contribution in [1.82, 2.24) is 15.1 Å². The van der Waals surface area contributed by atoms with E-state index in [2.05, 4.69) is 50.4 Å². The van der Waals surface area contributed by atoms with Crippen molar-refractivity contribution in [3.05, 3.63) is 23.5 Å².